The lowest BCUT2D eigenvalue weighted by Gasteiger charge is -2.35. The van der Waals surface area contributed by atoms with Crippen molar-refractivity contribution in [2.24, 2.45) is 5.92 Å². The second-order valence-electron chi connectivity index (χ2n) is 6.78. The van der Waals surface area contributed by atoms with Gasteiger partial charge in [-0.3, -0.25) is 4.90 Å². The molecule has 1 unspecified atom stereocenters. The monoisotopic (exact) mass is 254 g/mol. The van der Waals surface area contributed by atoms with Gasteiger partial charge < -0.3 is 5.32 Å². The molecule has 0 bridgehead atoms. The van der Waals surface area contributed by atoms with Gasteiger partial charge in [0.1, 0.15) is 0 Å². The van der Waals surface area contributed by atoms with Crippen LogP contribution in [0.15, 0.2) is 0 Å². The van der Waals surface area contributed by atoms with Crippen molar-refractivity contribution in [3.8, 4) is 0 Å². The van der Waals surface area contributed by atoms with E-state index in [0.717, 1.165) is 18.5 Å². The third-order valence-corrected chi connectivity index (χ3v) is 4.11. The molecule has 2 heteroatoms. The maximum atomic E-state index is 3.79. The SMILES string of the molecule is CC(C)CN(C(C)C)C(C)CNC1CCCCC1. The number of nitrogens with one attached hydrogen (secondary N) is 1. The highest BCUT2D eigenvalue weighted by Crippen LogP contribution is 2.17. The van der Waals surface area contributed by atoms with Crippen molar-refractivity contribution in [1.29, 1.82) is 0 Å². The number of nitrogens with zero attached hydrogens (tertiary/aromatic N) is 1. The minimum atomic E-state index is 0.648. The summed E-state index contributed by atoms with van der Waals surface area (Å²) in [5.74, 6) is 0.754. The Bertz CT molecular complexity index is 207. The molecule has 0 aliphatic heterocycles. The zero-order valence-electron chi connectivity index (χ0n) is 13.2. The Morgan fingerprint density at radius 3 is 2.11 bits per heavy atom. The van der Waals surface area contributed by atoms with Crippen LogP contribution in [-0.4, -0.2) is 36.1 Å². The van der Waals surface area contributed by atoms with Crippen molar-refractivity contribution in [3.63, 3.8) is 0 Å². The lowest BCUT2D eigenvalue weighted by Crippen LogP contribution is -2.48. The molecule has 0 aromatic rings. The lowest BCUT2D eigenvalue weighted by molar-refractivity contribution is 0.138. The Hall–Kier alpha value is -0.0800. The topological polar surface area (TPSA) is 15.3 Å². The van der Waals surface area contributed by atoms with Crippen molar-refractivity contribution in [1.82, 2.24) is 10.2 Å². The standard InChI is InChI=1S/C16H34N2/c1-13(2)12-18(14(3)4)15(5)11-17-16-9-7-6-8-10-16/h13-17H,6-12H2,1-5H3. The zero-order valence-corrected chi connectivity index (χ0v) is 13.2. The van der Waals surface area contributed by atoms with Crippen LogP contribution >= 0.6 is 0 Å². The fraction of sp³-hybridized carbons (Fsp3) is 1.00. The van der Waals surface area contributed by atoms with E-state index in [1.54, 1.807) is 0 Å². The van der Waals surface area contributed by atoms with Crippen molar-refractivity contribution in [3.05, 3.63) is 0 Å². The van der Waals surface area contributed by atoms with E-state index in [2.05, 4.69) is 44.8 Å². The van der Waals surface area contributed by atoms with Gasteiger partial charge in [0.15, 0.2) is 0 Å². The minimum absolute atomic E-state index is 0.648. The number of rotatable bonds is 7. The molecule has 0 amide bonds. The highest BCUT2D eigenvalue weighted by Gasteiger charge is 2.20. The molecule has 18 heavy (non-hydrogen) atoms. The van der Waals surface area contributed by atoms with Gasteiger partial charge in [-0.1, -0.05) is 33.1 Å². The average Bonchev–Trinajstić information content (AvgIpc) is 2.34. The summed E-state index contributed by atoms with van der Waals surface area (Å²) >= 11 is 0. The van der Waals surface area contributed by atoms with Gasteiger partial charge in [0.2, 0.25) is 0 Å². The summed E-state index contributed by atoms with van der Waals surface area (Å²) < 4.78 is 0. The summed E-state index contributed by atoms with van der Waals surface area (Å²) in [6.45, 7) is 14.0. The highest BCUT2D eigenvalue weighted by atomic mass is 15.2. The summed E-state index contributed by atoms with van der Waals surface area (Å²) in [6.07, 6.45) is 7.06. The van der Waals surface area contributed by atoms with Gasteiger partial charge in [-0.05, 0) is 39.5 Å². The van der Waals surface area contributed by atoms with E-state index in [9.17, 15) is 0 Å². The zero-order chi connectivity index (χ0) is 13.5. The Morgan fingerprint density at radius 2 is 1.61 bits per heavy atom. The molecule has 0 saturated heterocycles. The largest absolute Gasteiger partial charge is 0.312 e. The van der Waals surface area contributed by atoms with Gasteiger partial charge in [-0.15, -0.1) is 0 Å². The first-order valence-corrected chi connectivity index (χ1v) is 7.99. The van der Waals surface area contributed by atoms with Crippen molar-refractivity contribution < 1.29 is 0 Å². The molecule has 1 atom stereocenters. The highest BCUT2D eigenvalue weighted by molar-refractivity contribution is 4.78. The van der Waals surface area contributed by atoms with E-state index in [1.807, 2.05) is 0 Å². The second kappa shape index (κ2) is 8.16. The van der Waals surface area contributed by atoms with Crippen LogP contribution in [0.5, 0.6) is 0 Å². The molecule has 2 nitrogen and oxygen atoms in total. The molecule has 1 aliphatic carbocycles. The Balaban J connectivity index is 2.33. The van der Waals surface area contributed by atoms with E-state index < -0.39 is 0 Å². The molecule has 1 fully saturated rings. The quantitative estimate of drug-likeness (QED) is 0.746. The second-order valence-corrected chi connectivity index (χ2v) is 6.78. The first-order chi connectivity index (χ1) is 8.50. The normalized spacial score (nSPS) is 20.0. The van der Waals surface area contributed by atoms with E-state index in [1.165, 1.54) is 38.6 Å². The molecule has 1 rings (SSSR count). The van der Waals surface area contributed by atoms with Crippen LogP contribution in [0.25, 0.3) is 0 Å². The molecule has 0 aromatic heterocycles. The van der Waals surface area contributed by atoms with Gasteiger partial charge in [-0.2, -0.15) is 0 Å². The number of hydrogen-bond acceptors (Lipinski definition) is 2. The van der Waals surface area contributed by atoms with E-state index in [0.29, 0.717) is 12.1 Å². The third-order valence-electron chi connectivity index (χ3n) is 4.11. The van der Waals surface area contributed by atoms with E-state index >= 15 is 0 Å². The van der Waals surface area contributed by atoms with Crippen LogP contribution in [-0.2, 0) is 0 Å². The molecule has 0 spiro atoms. The summed E-state index contributed by atoms with van der Waals surface area (Å²) in [7, 11) is 0. The summed E-state index contributed by atoms with van der Waals surface area (Å²) in [4.78, 5) is 2.64. The predicted molar refractivity (Wildman–Crippen MR) is 81.0 cm³/mol. The van der Waals surface area contributed by atoms with Gasteiger partial charge in [0.25, 0.3) is 0 Å². The van der Waals surface area contributed by atoms with Crippen LogP contribution in [0, 0.1) is 5.92 Å². The van der Waals surface area contributed by atoms with Gasteiger partial charge in [0, 0.05) is 31.2 Å². The van der Waals surface area contributed by atoms with E-state index in [4.69, 9.17) is 0 Å². The molecule has 1 aliphatic rings. The number of hydrogen-bond donors (Lipinski definition) is 1. The predicted octanol–water partition coefficient (Wildman–Crippen LogP) is 3.66. The molecule has 0 aromatic carbocycles. The van der Waals surface area contributed by atoms with Gasteiger partial charge >= 0.3 is 0 Å². The van der Waals surface area contributed by atoms with Crippen molar-refractivity contribution >= 4 is 0 Å². The summed E-state index contributed by atoms with van der Waals surface area (Å²) in [5, 5.41) is 3.79. The van der Waals surface area contributed by atoms with E-state index in [-0.39, 0.29) is 0 Å². The first-order valence-electron chi connectivity index (χ1n) is 7.99. The minimum Gasteiger partial charge on any atom is -0.312 e. The van der Waals surface area contributed by atoms with Crippen LogP contribution in [0.4, 0.5) is 0 Å². The van der Waals surface area contributed by atoms with Crippen LogP contribution in [0.1, 0.15) is 66.7 Å². The maximum absolute atomic E-state index is 3.79. The Morgan fingerprint density at radius 1 is 1.00 bits per heavy atom. The molecular weight excluding hydrogens is 220 g/mol. The average molecular weight is 254 g/mol. The smallest absolute Gasteiger partial charge is 0.0195 e. The van der Waals surface area contributed by atoms with Crippen LogP contribution in [0.3, 0.4) is 0 Å². The molecule has 1 N–H and O–H groups in total. The molecular formula is C16H34N2. The fourth-order valence-electron chi connectivity index (χ4n) is 3.08. The third kappa shape index (κ3) is 5.71. The van der Waals surface area contributed by atoms with Gasteiger partial charge in [0.05, 0.1) is 0 Å². The Labute approximate surface area is 115 Å². The lowest BCUT2D eigenvalue weighted by atomic mass is 9.95. The molecule has 0 radical (unpaired) electrons. The summed E-state index contributed by atoms with van der Waals surface area (Å²) in [6, 6.07) is 2.08. The van der Waals surface area contributed by atoms with Crippen molar-refractivity contribution in [2.45, 2.75) is 84.8 Å². The van der Waals surface area contributed by atoms with Crippen LogP contribution in [0.2, 0.25) is 0 Å². The first kappa shape index (κ1) is 16.0. The van der Waals surface area contributed by atoms with Gasteiger partial charge in [-0.25, -0.2) is 0 Å². The summed E-state index contributed by atoms with van der Waals surface area (Å²) in [5.41, 5.74) is 0. The molecule has 108 valence electrons. The molecule has 0 heterocycles. The molecule has 1 saturated carbocycles. The maximum Gasteiger partial charge on any atom is 0.0195 e. The van der Waals surface area contributed by atoms with Crippen LogP contribution < -0.4 is 5.32 Å². The van der Waals surface area contributed by atoms with Crippen molar-refractivity contribution in [2.75, 3.05) is 13.1 Å². The fourth-order valence-corrected chi connectivity index (χ4v) is 3.08. The Kier molecular flexibility index (Phi) is 7.25.